The summed E-state index contributed by atoms with van der Waals surface area (Å²) in [7, 11) is 0. The highest BCUT2D eigenvalue weighted by Crippen LogP contribution is 2.27. The van der Waals surface area contributed by atoms with Crippen molar-refractivity contribution in [3.8, 4) is 0 Å². The molecule has 0 unspecified atom stereocenters. The maximum Gasteiger partial charge on any atom is 0.404 e. The molecule has 3 N–H and O–H groups in total. The molecule has 0 spiro atoms. The summed E-state index contributed by atoms with van der Waals surface area (Å²) in [6, 6.07) is -2.27. The van der Waals surface area contributed by atoms with Crippen molar-refractivity contribution in [1.82, 2.24) is 0 Å². The first-order chi connectivity index (χ1) is 7.30. The molecule has 0 rings (SSSR count). The Morgan fingerprint density at radius 1 is 1.31 bits per heavy atom. The number of halogens is 3. The van der Waals surface area contributed by atoms with E-state index in [-0.39, 0.29) is 6.42 Å². The van der Waals surface area contributed by atoms with E-state index in [9.17, 15) is 18.0 Å². The van der Waals surface area contributed by atoms with Gasteiger partial charge in [0.05, 0.1) is 5.92 Å². The summed E-state index contributed by atoms with van der Waals surface area (Å²) in [5, 5.41) is 8.68. The van der Waals surface area contributed by atoms with Gasteiger partial charge in [0, 0.05) is 0 Å². The molecule has 16 heavy (non-hydrogen) atoms. The van der Waals surface area contributed by atoms with Crippen LogP contribution in [0.25, 0.3) is 0 Å². The summed E-state index contributed by atoms with van der Waals surface area (Å²) in [5.41, 5.74) is 4.90. The van der Waals surface area contributed by atoms with Crippen molar-refractivity contribution in [2.75, 3.05) is 0 Å². The Morgan fingerprint density at radius 2 is 1.88 bits per heavy atom. The Bertz CT molecular complexity index is 219. The fourth-order valence-corrected chi connectivity index (χ4v) is 1.48. The van der Waals surface area contributed by atoms with E-state index in [1.165, 1.54) is 0 Å². The van der Waals surface area contributed by atoms with Gasteiger partial charge in [-0.25, -0.2) is 0 Å². The van der Waals surface area contributed by atoms with E-state index in [2.05, 4.69) is 0 Å². The van der Waals surface area contributed by atoms with Crippen LogP contribution in [-0.4, -0.2) is 23.3 Å². The molecule has 0 fully saturated rings. The molecule has 6 heteroatoms. The number of rotatable bonds is 7. The molecule has 96 valence electrons. The smallest absolute Gasteiger partial charge is 0.404 e. The average Bonchev–Trinajstić information content (AvgIpc) is 2.15. The largest absolute Gasteiger partial charge is 0.481 e. The zero-order chi connectivity index (χ0) is 12.8. The summed E-state index contributed by atoms with van der Waals surface area (Å²) in [6.45, 7) is 1.97. The zero-order valence-electron chi connectivity index (χ0n) is 9.26. The number of alkyl halides is 3. The van der Waals surface area contributed by atoms with Gasteiger partial charge in [-0.05, 0) is 6.42 Å². The van der Waals surface area contributed by atoms with Crippen LogP contribution in [0.2, 0.25) is 0 Å². The summed E-state index contributed by atoms with van der Waals surface area (Å²) >= 11 is 0. The molecule has 0 aliphatic carbocycles. The summed E-state index contributed by atoms with van der Waals surface area (Å²) in [6.07, 6.45) is -1.61. The Kier molecular flexibility index (Phi) is 6.40. The maximum atomic E-state index is 12.2. The number of carboxylic acids is 1. The average molecular weight is 241 g/mol. The minimum atomic E-state index is -4.65. The molecular formula is C10H18F3NO2. The number of carbonyl (C=O) groups is 1. The minimum Gasteiger partial charge on any atom is -0.481 e. The van der Waals surface area contributed by atoms with Crippen molar-refractivity contribution in [1.29, 1.82) is 0 Å². The van der Waals surface area contributed by atoms with E-state index in [1.807, 2.05) is 6.92 Å². The lowest BCUT2D eigenvalue weighted by molar-refractivity contribution is -0.173. The molecular weight excluding hydrogens is 223 g/mol. The van der Waals surface area contributed by atoms with Gasteiger partial charge in [-0.2, -0.15) is 13.2 Å². The van der Waals surface area contributed by atoms with Gasteiger partial charge in [-0.15, -0.1) is 0 Å². The van der Waals surface area contributed by atoms with E-state index >= 15 is 0 Å². The van der Waals surface area contributed by atoms with Crippen molar-refractivity contribution < 1.29 is 23.1 Å². The molecule has 2 atom stereocenters. The maximum absolute atomic E-state index is 12.2. The number of nitrogens with two attached hydrogens (primary N) is 1. The SMILES string of the molecule is CCCCCC[C@H](C(=O)O)[C@H](N)C(F)(F)F. The summed E-state index contributed by atoms with van der Waals surface area (Å²) in [4.78, 5) is 10.7. The summed E-state index contributed by atoms with van der Waals surface area (Å²) in [5.74, 6) is -3.00. The van der Waals surface area contributed by atoms with E-state index in [4.69, 9.17) is 10.8 Å². The molecule has 0 aromatic heterocycles. The summed E-state index contributed by atoms with van der Waals surface area (Å²) < 4.78 is 36.7. The van der Waals surface area contributed by atoms with Crippen LogP contribution in [-0.2, 0) is 4.79 Å². The quantitative estimate of drug-likeness (QED) is 0.673. The van der Waals surface area contributed by atoms with Crippen LogP contribution in [0, 0.1) is 5.92 Å². The third-order valence-corrected chi connectivity index (χ3v) is 2.50. The van der Waals surface area contributed by atoms with Crippen molar-refractivity contribution in [2.45, 2.75) is 51.2 Å². The van der Waals surface area contributed by atoms with Crippen LogP contribution in [0.3, 0.4) is 0 Å². The van der Waals surface area contributed by atoms with Gasteiger partial charge in [0.25, 0.3) is 0 Å². The lowest BCUT2D eigenvalue weighted by Gasteiger charge is -2.22. The number of hydrogen-bond donors (Lipinski definition) is 2. The third-order valence-electron chi connectivity index (χ3n) is 2.50. The van der Waals surface area contributed by atoms with Crippen molar-refractivity contribution in [3.63, 3.8) is 0 Å². The standard InChI is InChI=1S/C10H18F3NO2/c1-2-3-4-5-6-7(9(15)16)8(14)10(11,12)13/h7-8H,2-6,14H2,1H3,(H,15,16)/t7-,8-/m0/s1. The number of aliphatic carboxylic acids is 1. The fraction of sp³-hybridized carbons (Fsp3) is 0.900. The molecule has 0 saturated heterocycles. The van der Waals surface area contributed by atoms with Crippen molar-refractivity contribution in [3.05, 3.63) is 0 Å². The first-order valence-corrected chi connectivity index (χ1v) is 5.35. The number of hydrogen-bond acceptors (Lipinski definition) is 2. The van der Waals surface area contributed by atoms with Gasteiger partial charge in [-0.3, -0.25) is 4.79 Å². The minimum absolute atomic E-state index is 0.0178. The van der Waals surface area contributed by atoms with Gasteiger partial charge in [0.15, 0.2) is 0 Å². The predicted octanol–water partition coefficient (Wildman–Crippen LogP) is 2.55. The number of unbranched alkanes of at least 4 members (excludes halogenated alkanes) is 3. The Hall–Kier alpha value is -0.780. The van der Waals surface area contributed by atoms with Crippen LogP contribution in [0.5, 0.6) is 0 Å². The highest BCUT2D eigenvalue weighted by molar-refractivity contribution is 5.71. The second-order valence-electron chi connectivity index (χ2n) is 3.86. The molecule has 0 aliphatic rings. The lowest BCUT2D eigenvalue weighted by Crippen LogP contribution is -2.46. The highest BCUT2D eigenvalue weighted by Gasteiger charge is 2.44. The highest BCUT2D eigenvalue weighted by atomic mass is 19.4. The van der Waals surface area contributed by atoms with E-state index in [1.54, 1.807) is 0 Å². The fourth-order valence-electron chi connectivity index (χ4n) is 1.48. The molecule has 0 bridgehead atoms. The first-order valence-electron chi connectivity index (χ1n) is 5.35. The van der Waals surface area contributed by atoms with Crippen LogP contribution in [0.15, 0.2) is 0 Å². The van der Waals surface area contributed by atoms with Gasteiger partial charge >= 0.3 is 12.1 Å². The normalized spacial score (nSPS) is 15.8. The predicted molar refractivity (Wildman–Crippen MR) is 53.9 cm³/mol. The Morgan fingerprint density at radius 3 is 2.25 bits per heavy atom. The lowest BCUT2D eigenvalue weighted by atomic mass is 9.93. The van der Waals surface area contributed by atoms with Crippen LogP contribution >= 0.6 is 0 Å². The van der Waals surface area contributed by atoms with E-state index in [0.717, 1.165) is 19.3 Å². The first kappa shape index (κ1) is 15.2. The second kappa shape index (κ2) is 6.73. The molecule has 0 aliphatic heterocycles. The second-order valence-corrected chi connectivity index (χ2v) is 3.86. The van der Waals surface area contributed by atoms with Crippen molar-refractivity contribution >= 4 is 5.97 Å². The Labute approximate surface area is 92.8 Å². The molecule has 0 saturated carbocycles. The van der Waals surface area contributed by atoms with Crippen LogP contribution in [0.4, 0.5) is 13.2 Å². The van der Waals surface area contributed by atoms with E-state index < -0.39 is 24.1 Å². The van der Waals surface area contributed by atoms with Crippen LogP contribution < -0.4 is 5.73 Å². The van der Waals surface area contributed by atoms with Crippen LogP contribution in [0.1, 0.15) is 39.0 Å². The number of carboxylic acid groups (broad SMARTS) is 1. The topological polar surface area (TPSA) is 63.3 Å². The molecule has 0 heterocycles. The molecule has 0 amide bonds. The third kappa shape index (κ3) is 5.34. The molecule has 0 aromatic carbocycles. The molecule has 3 nitrogen and oxygen atoms in total. The van der Waals surface area contributed by atoms with Gasteiger partial charge in [-0.1, -0.05) is 32.6 Å². The van der Waals surface area contributed by atoms with Crippen molar-refractivity contribution in [2.24, 2.45) is 11.7 Å². The molecule has 0 radical (unpaired) electrons. The Balaban J connectivity index is 4.23. The van der Waals surface area contributed by atoms with Gasteiger partial charge < -0.3 is 10.8 Å². The van der Waals surface area contributed by atoms with Gasteiger partial charge in [0.2, 0.25) is 0 Å². The zero-order valence-corrected chi connectivity index (χ0v) is 9.26. The van der Waals surface area contributed by atoms with Gasteiger partial charge in [0.1, 0.15) is 6.04 Å². The monoisotopic (exact) mass is 241 g/mol. The molecule has 0 aromatic rings. The van der Waals surface area contributed by atoms with E-state index in [0.29, 0.717) is 6.42 Å².